The number of nitrogens with one attached hydrogen (secondary N) is 1. The van der Waals surface area contributed by atoms with Gasteiger partial charge in [-0.05, 0) is 38.0 Å². The summed E-state index contributed by atoms with van der Waals surface area (Å²) in [6.07, 6.45) is 9.69. The smallest absolute Gasteiger partial charge is 0.192 e. The zero-order valence-corrected chi connectivity index (χ0v) is 13.7. The molecule has 3 heteroatoms. The molecule has 0 spiro atoms. The maximum Gasteiger partial charge on any atom is 0.192 e. The molecule has 2 nitrogen and oxygen atoms in total. The van der Waals surface area contributed by atoms with Gasteiger partial charge in [0.25, 0.3) is 0 Å². The van der Waals surface area contributed by atoms with Gasteiger partial charge in [-0.2, -0.15) is 0 Å². The Morgan fingerprint density at radius 3 is 2.45 bits per heavy atom. The first kappa shape index (κ1) is 16.7. The van der Waals surface area contributed by atoms with Crippen LogP contribution in [0.25, 0.3) is 10.9 Å². The predicted molar refractivity (Wildman–Crippen MR) is 91.0 cm³/mol. The zero-order chi connectivity index (χ0) is 15.9. The van der Waals surface area contributed by atoms with Crippen molar-refractivity contribution in [1.82, 2.24) is 4.98 Å². The molecule has 1 N–H and O–H groups in total. The van der Waals surface area contributed by atoms with Gasteiger partial charge >= 0.3 is 0 Å². The van der Waals surface area contributed by atoms with E-state index in [4.69, 9.17) is 0 Å². The Morgan fingerprint density at radius 2 is 1.73 bits per heavy atom. The monoisotopic (exact) mass is 303 g/mol. The van der Waals surface area contributed by atoms with Gasteiger partial charge in [-0.1, -0.05) is 45.4 Å². The molecule has 0 radical (unpaired) electrons. The van der Waals surface area contributed by atoms with E-state index in [0.29, 0.717) is 5.39 Å². The van der Waals surface area contributed by atoms with Gasteiger partial charge in [0.05, 0.1) is 0 Å². The fraction of sp³-hybridized carbons (Fsp3) is 0.526. The summed E-state index contributed by atoms with van der Waals surface area (Å²) < 4.78 is 13.3. The summed E-state index contributed by atoms with van der Waals surface area (Å²) >= 11 is 0. The molecule has 1 aromatic carbocycles. The lowest BCUT2D eigenvalue weighted by molar-refractivity contribution is 0.587. The van der Waals surface area contributed by atoms with E-state index in [2.05, 4.69) is 11.9 Å². The van der Waals surface area contributed by atoms with Crippen LogP contribution < -0.4 is 5.43 Å². The minimum Gasteiger partial charge on any atom is -0.358 e. The number of aryl methyl sites for hydroxylation is 1. The Kier molecular flexibility index (Phi) is 6.17. The fourth-order valence-electron chi connectivity index (χ4n) is 2.92. The third kappa shape index (κ3) is 4.19. The summed E-state index contributed by atoms with van der Waals surface area (Å²) in [5.74, 6) is -0.364. The zero-order valence-electron chi connectivity index (χ0n) is 13.7. The Labute approximate surface area is 131 Å². The quantitative estimate of drug-likeness (QED) is 0.662. The van der Waals surface area contributed by atoms with Crippen molar-refractivity contribution in [3.8, 4) is 0 Å². The van der Waals surface area contributed by atoms with Crippen molar-refractivity contribution in [3.05, 3.63) is 45.5 Å². The molecule has 2 aromatic rings. The Balaban J connectivity index is 1.98. The topological polar surface area (TPSA) is 32.9 Å². The van der Waals surface area contributed by atoms with Crippen molar-refractivity contribution in [1.29, 1.82) is 0 Å². The molecule has 0 aliphatic carbocycles. The minimum atomic E-state index is -0.364. The molecule has 22 heavy (non-hydrogen) atoms. The Hall–Kier alpha value is -1.64. The first-order valence-corrected chi connectivity index (χ1v) is 8.44. The molecule has 0 saturated heterocycles. The van der Waals surface area contributed by atoms with Crippen molar-refractivity contribution >= 4 is 10.9 Å². The van der Waals surface area contributed by atoms with E-state index in [-0.39, 0.29) is 11.2 Å². The average molecular weight is 303 g/mol. The van der Waals surface area contributed by atoms with Gasteiger partial charge in [-0.15, -0.1) is 0 Å². The lowest BCUT2D eigenvalue weighted by atomic mass is 10.0. The number of hydrogen-bond donors (Lipinski definition) is 1. The van der Waals surface area contributed by atoms with Crippen molar-refractivity contribution in [2.45, 2.75) is 65.2 Å². The van der Waals surface area contributed by atoms with E-state index in [1.54, 1.807) is 6.07 Å². The Bertz CT molecular complexity index is 675. The van der Waals surface area contributed by atoms with Gasteiger partial charge in [0, 0.05) is 22.2 Å². The highest BCUT2D eigenvalue weighted by Crippen LogP contribution is 2.15. The van der Waals surface area contributed by atoms with Gasteiger partial charge < -0.3 is 4.98 Å². The number of unbranched alkanes of at least 4 members (excludes halogenated alkanes) is 6. The van der Waals surface area contributed by atoms with Crippen LogP contribution in [0.3, 0.4) is 0 Å². The highest BCUT2D eigenvalue weighted by molar-refractivity contribution is 5.79. The molecule has 0 saturated carbocycles. The van der Waals surface area contributed by atoms with E-state index >= 15 is 0 Å². The van der Waals surface area contributed by atoms with Crippen molar-refractivity contribution in [2.24, 2.45) is 0 Å². The molecular weight excluding hydrogens is 277 g/mol. The van der Waals surface area contributed by atoms with E-state index in [9.17, 15) is 9.18 Å². The SMILES string of the molecule is CCCCCCCCCc1[nH]c2ccc(F)cc2c(=O)c1C. The van der Waals surface area contributed by atoms with Crippen LogP contribution in [-0.2, 0) is 6.42 Å². The van der Waals surface area contributed by atoms with E-state index in [0.717, 1.165) is 29.6 Å². The molecule has 0 aliphatic heterocycles. The minimum absolute atomic E-state index is 0.0498. The highest BCUT2D eigenvalue weighted by Gasteiger charge is 2.08. The van der Waals surface area contributed by atoms with Crippen molar-refractivity contribution in [2.75, 3.05) is 0 Å². The second-order valence-corrected chi connectivity index (χ2v) is 6.12. The second-order valence-electron chi connectivity index (χ2n) is 6.12. The van der Waals surface area contributed by atoms with Crippen molar-refractivity contribution in [3.63, 3.8) is 0 Å². The number of H-pyrrole nitrogens is 1. The second kappa shape index (κ2) is 8.11. The predicted octanol–water partition coefficient (Wildman–Crippen LogP) is 5.27. The molecule has 0 amide bonds. The van der Waals surface area contributed by atoms with Crippen LogP contribution in [0, 0.1) is 12.7 Å². The molecule has 1 heterocycles. The number of pyridine rings is 1. The molecular formula is C19H26FNO. The van der Waals surface area contributed by atoms with E-state index < -0.39 is 0 Å². The summed E-state index contributed by atoms with van der Waals surface area (Å²) in [6, 6.07) is 4.36. The molecule has 0 atom stereocenters. The standard InChI is InChI=1S/C19H26FNO/c1-3-4-5-6-7-8-9-10-17-14(2)19(22)16-13-15(20)11-12-18(16)21-17/h11-13H,3-10H2,1-2H3,(H,21,22). The van der Waals surface area contributed by atoms with Crippen LogP contribution in [0.2, 0.25) is 0 Å². The highest BCUT2D eigenvalue weighted by atomic mass is 19.1. The van der Waals surface area contributed by atoms with Crippen LogP contribution in [0.1, 0.15) is 63.1 Å². The first-order chi connectivity index (χ1) is 10.6. The number of hydrogen-bond acceptors (Lipinski definition) is 1. The largest absolute Gasteiger partial charge is 0.358 e. The van der Waals surface area contributed by atoms with Crippen LogP contribution in [0.5, 0.6) is 0 Å². The molecule has 0 fully saturated rings. The van der Waals surface area contributed by atoms with Crippen LogP contribution in [0.4, 0.5) is 4.39 Å². The molecule has 120 valence electrons. The number of fused-ring (bicyclic) bond motifs is 1. The molecule has 2 rings (SSSR count). The van der Waals surface area contributed by atoms with Gasteiger partial charge in [0.1, 0.15) is 5.82 Å². The van der Waals surface area contributed by atoms with Gasteiger partial charge in [0.2, 0.25) is 0 Å². The van der Waals surface area contributed by atoms with Gasteiger partial charge in [-0.3, -0.25) is 4.79 Å². The summed E-state index contributed by atoms with van der Waals surface area (Å²) in [6.45, 7) is 4.06. The summed E-state index contributed by atoms with van der Waals surface area (Å²) in [5, 5.41) is 0.445. The molecule has 1 aromatic heterocycles. The number of aromatic nitrogens is 1. The number of halogens is 1. The van der Waals surface area contributed by atoms with Gasteiger partial charge in [0.15, 0.2) is 5.43 Å². The number of rotatable bonds is 8. The lowest BCUT2D eigenvalue weighted by Crippen LogP contribution is -2.12. The van der Waals surface area contributed by atoms with E-state index in [1.165, 1.54) is 50.7 Å². The summed E-state index contributed by atoms with van der Waals surface area (Å²) in [7, 11) is 0. The van der Waals surface area contributed by atoms with Gasteiger partial charge in [-0.25, -0.2) is 4.39 Å². The molecule has 0 bridgehead atoms. The maximum atomic E-state index is 13.3. The summed E-state index contributed by atoms with van der Waals surface area (Å²) in [4.78, 5) is 15.6. The fourth-order valence-corrected chi connectivity index (χ4v) is 2.92. The summed E-state index contributed by atoms with van der Waals surface area (Å²) in [5.41, 5.74) is 2.41. The average Bonchev–Trinajstić information content (AvgIpc) is 2.51. The van der Waals surface area contributed by atoms with Crippen LogP contribution in [-0.4, -0.2) is 4.98 Å². The Morgan fingerprint density at radius 1 is 1.05 bits per heavy atom. The van der Waals surface area contributed by atoms with Crippen molar-refractivity contribution < 1.29 is 4.39 Å². The van der Waals surface area contributed by atoms with E-state index in [1.807, 2.05) is 6.92 Å². The molecule has 0 unspecified atom stereocenters. The van der Waals surface area contributed by atoms with Crippen LogP contribution >= 0.6 is 0 Å². The first-order valence-electron chi connectivity index (χ1n) is 8.44. The number of benzene rings is 1. The normalized spacial score (nSPS) is 11.2. The third-order valence-corrected chi connectivity index (χ3v) is 4.34. The maximum absolute atomic E-state index is 13.3. The lowest BCUT2D eigenvalue weighted by Gasteiger charge is -2.08. The number of aromatic amines is 1. The van der Waals surface area contributed by atoms with Crippen LogP contribution in [0.15, 0.2) is 23.0 Å². The molecule has 0 aliphatic rings. The third-order valence-electron chi connectivity index (χ3n) is 4.34.